The molecule has 1 atom stereocenters. The molecule has 0 spiro atoms. The van der Waals surface area contributed by atoms with Gasteiger partial charge in [-0.3, -0.25) is 0 Å². The van der Waals surface area contributed by atoms with Crippen molar-refractivity contribution in [2.24, 2.45) is 17.8 Å². The Morgan fingerprint density at radius 3 is 2.44 bits per heavy atom. The van der Waals surface area contributed by atoms with Gasteiger partial charge in [-0.2, -0.15) is 0 Å². The highest BCUT2D eigenvalue weighted by Gasteiger charge is 2.51. The van der Waals surface area contributed by atoms with Gasteiger partial charge in [0.05, 0.1) is 6.54 Å². The van der Waals surface area contributed by atoms with Crippen molar-refractivity contribution in [1.82, 2.24) is 10.6 Å². The summed E-state index contributed by atoms with van der Waals surface area (Å²) >= 11 is 0. The molecule has 4 aliphatic rings. The Bertz CT molecular complexity index is 801. The third-order valence-electron chi connectivity index (χ3n) is 6.97. The van der Waals surface area contributed by atoms with Gasteiger partial charge in [0.2, 0.25) is 0 Å². The van der Waals surface area contributed by atoms with Gasteiger partial charge in [0, 0.05) is 10.9 Å². The van der Waals surface area contributed by atoms with Crippen molar-refractivity contribution in [3.63, 3.8) is 0 Å². The van der Waals surface area contributed by atoms with Crippen LogP contribution in [0, 0.1) is 17.8 Å². The maximum atomic E-state index is 12.6. The number of aliphatic hydroxyl groups is 1. The zero-order valence-electron chi connectivity index (χ0n) is 15.8. The van der Waals surface area contributed by atoms with Crippen LogP contribution < -0.4 is 10.6 Å². The lowest BCUT2D eigenvalue weighted by molar-refractivity contribution is -0.0143. The van der Waals surface area contributed by atoms with Crippen molar-refractivity contribution in [1.29, 1.82) is 0 Å². The molecule has 4 saturated carbocycles. The molecule has 0 aliphatic heterocycles. The Balaban J connectivity index is 1.23. The van der Waals surface area contributed by atoms with Gasteiger partial charge in [0.15, 0.2) is 0 Å². The number of hydrogen-bond donors (Lipinski definition) is 3. The Morgan fingerprint density at radius 2 is 1.81 bits per heavy atom. The van der Waals surface area contributed by atoms with Crippen LogP contribution in [0.3, 0.4) is 0 Å². The number of para-hydroxylation sites is 1. The number of benzene rings is 1. The molecule has 1 unspecified atom stereocenters. The molecule has 2 amide bonds. The van der Waals surface area contributed by atoms with Crippen molar-refractivity contribution >= 4 is 17.0 Å². The average Bonchev–Trinajstić information content (AvgIpc) is 3.04. The van der Waals surface area contributed by atoms with Crippen LogP contribution in [-0.4, -0.2) is 23.2 Å². The molecule has 1 aromatic heterocycles. The van der Waals surface area contributed by atoms with E-state index in [1.807, 2.05) is 30.3 Å². The molecule has 1 aromatic carbocycles. The van der Waals surface area contributed by atoms with Crippen molar-refractivity contribution in [3.8, 4) is 0 Å². The summed E-state index contributed by atoms with van der Waals surface area (Å²) in [4.78, 5) is 12.6. The van der Waals surface area contributed by atoms with E-state index < -0.39 is 5.60 Å². The summed E-state index contributed by atoms with van der Waals surface area (Å²) in [6, 6.07) is 9.34. The second-order valence-electron chi connectivity index (χ2n) is 9.43. The van der Waals surface area contributed by atoms with Gasteiger partial charge >= 0.3 is 6.03 Å². The van der Waals surface area contributed by atoms with Crippen molar-refractivity contribution in [2.75, 3.05) is 6.54 Å². The van der Waals surface area contributed by atoms with E-state index in [9.17, 15) is 9.90 Å². The first-order valence-corrected chi connectivity index (χ1v) is 10.2. The fourth-order valence-electron chi connectivity index (χ4n) is 6.14. The lowest BCUT2D eigenvalue weighted by Crippen LogP contribution is -2.62. The molecule has 27 heavy (non-hydrogen) atoms. The van der Waals surface area contributed by atoms with Gasteiger partial charge in [0.1, 0.15) is 16.9 Å². The SMILES string of the molecule is CC(O)(CNC(=O)NC12CC3CC(CC(C3)C1)C2)c1cc2ccccc2o1. The summed E-state index contributed by atoms with van der Waals surface area (Å²) in [6.45, 7) is 1.79. The molecule has 2 aromatic rings. The van der Waals surface area contributed by atoms with Crippen molar-refractivity contribution in [3.05, 3.63) is 36.1 Å². The largest absolute Gasteiger partial charge is 0.458 e. The van der Waals surface area contributed by atoms with Gasteiger partial charge in [-0.25, -0.2) is 4.79 Å². The van der Waals surface area contributed by atoms with E-state index in [1.165, 1.54) is 19.3 Å². The highest BCUT2D eigenvalue weighted by atomic mass is 16.4. The molecule has 4 fully saturated rings. The van der Waals surface area contributed by atoms with E-state index in [-0.39, 0.29) is 18.1 Å². The van der Waals surface area contributed by atoms with Crippen LogP contribution in [0.4, 0.5) is 4.79 Å². The first kappa shape index (κ1) is 17.1. The van der Waals surface area contributed by atoms with Crippen LogP contribution in [0.2, 0.25) is 0 Å². The number of nitrogens with one attached hydrogen (secondary N) is 2. The van der Waals surface area contributed by atoms with Gasteiger partial charge in [0.25, 0.3) is 0 Å². The number of fused-ring (bicyclic) bond motifs is 1. The summed E-state index contributed by atoms with van der Waals surface area (Å²) in [5, 5.41) is 17.9. The highest BCUT2D eigenvalue weighted by molar-refractivity contribution is 5.78. The molecule has 5 heteroatoms. The predicted molar refractivity (Wildman–Crippen MR) is 103 cm³/mol. The zero-order valence-corrected chi connectivity index (χ0v) is 15.8. The van der Waals surface area contributed by atoms with Crippen molar-refractivity contribution in [2.45, 2.75) is 56.6 Å². The molecule has 4 bridgehead atoms. The molecular formula is C22H28N2O3. The molecule has 6 rings (SSSR count). The third-order valence-corrected chi connectivity index (χ3v) is 6.97. The van der Waals surface area contributed by atoms with Crippen LogP contribution >= 0.6 is 0 Å². The van der Waals surface area contributed by atoms with Crippen LogP contribution in [0.15, 0.2) is 34.7 Å². The molecular weight excluding hydrogens is 340 g/mol. The monoisotopic (exact) mass is 368 g/mol. The van der Waals surface area contributed by atoms with Gasteiger partial charge in [-0.05, 0) is 75.3 Å². The molecule has 0 radical (unpaired) electrons. The number of amides is 2. The minimum absolute atomic E-state index is 0.0238. The molecule has 4 aliphatic carbocycles. The van der Waals surface area contributed by atoms with Gasteiger partial charge < -0.3 is 20.2 Å². The van der Waals surface area contributed by atoms with E-state index in [0.29, 0.717) is 5.76 Å². The fourth-order valence-corrected chi connectivity index (χ4v) is 6.14. The molecule has 1 heterocycles. The number of furan rings is 1. The van der Waals surface area contributed by atoms with E-state index in [4.69, 9.17) is 4.42 Å². The summed E-state index contributed by atoms with van der Waals surface area (Å²) < 4.78 is 5.78. The molecule has 5 nitrogen and oxygen atoms in total. The van der Waals surface area contributed by atoms with Gasteiger partial charge in [-0.15, -0.1) is 0 Å². The standard InChI is InChI=1S/C22H28N2O3/c1-21(26,19-9-17-4-2-3-5-18(17)27-19)13-23-20(25)24-22-10-14-6-15(11-22)8-16(7-14)12-22/h2-5,9,14-16,26H,6-8,10-13H2,1H3,(H2,23,24,25). The number of hydrogen-bond acceptors (Lipinski definition) is 3. The smallest absolute Gasteiger partial charge is 0.315 e. The molecule has 144 valence electrons. The van der Waals surface area contributed by atoms with E-state index >= 15 is 0 Å². The third kappa shape index (κ3) is 3.12. The number of urea groups is 1. The van der Waals surface area contributed by atoms with Crippen LogP contribution in [-0.2, 0) is 5.60 Å². The summed E-state index contributed by atoms with van der Waals surface area (Å²) in [6.07, 6.45) is 7.40. The maximum Gasteiger partial charge on any atom is 0.315 e. The second kappa shape index (κ2) is 5.99. The number of carbonyl (C=O) groups is 1. The highest BCUT2D eigenvalue weighted by Crippen LogP contribution is 2.55. The van der Waals surface area contributed by atoms with E-state index in [1.54, 1.807) is 6.92 Å². The average molecular weight is 368 g/mol. The topological polar surface area (TPSA) is 74.5 Å². The van der Waals surface area contributed by atoms with Gasteiger partial charge in [-0.1, -0.05) is 18.2 Å². The molecule has 3 N–H and O–H groups in total. The van der Waals surface area contributed by atoms with E-state index in [0.717, 1.165) is 48.0 Å². The number of carbonyl (C=O) groups excluding carboxylic acids is 1. The lowest BCUT2D eigenvalue weighted by Gasteiger charge is -2.56. The zero-order chi connectivity index (χ0) is 18.6. The predicted octanol–water partition coefficient (Wildman–Crippen LogP) is 3.91. The van der Waals surface area contributed by atoms with Crippen LogP contribution in [0.5, 0.6) is 0 Å². The number of rotatable bonds is 4. The van der Waals surface area contributed by atoms with Crippen molar-refractivity contribution < 1.29 is 14.3 Å². The Hall–Kier alpha value is -2.01. The minimum atomic E-state index is -1.25. The molecule has 0 saturated heterocycles. The lowest BCUT2D eigenvalue weighted by atomic mass is 9.53. The Labute approximate surface area is 159 Å². The minimum Gasteiger partial charge on any atom is -0.458 e. The quantitative estimate of drug-likeness (QED) is 0.766. The summed E-state index contributed by atoms with van der Waals surface area (Å²) in [7, 11) is 0. The Kier molecular flexibility index (Phi) is 3.80. The normalized spacial score (nSPS) is 33.8. The van der Waals surface area contributed by atoms with Crippen LogP contribution in [0.25, 0.3) is 11.0 Å². The second-order valence-corrected chi connectivity index (χ2v) is 9.43. The van der Waals surface area contributed by atoms with E-state index in [2.05, 4.69) is 10.6 Å². The van der Waals surface area contributed by atoms with Crippen LogP contribution in [0.1, 0.15) is 51.2 Å². The summed E-state index contributed by atoms with van der Waals surface area (Å²) in [5.74, 6) is 2.83. The first-order valence-electron chi connectivity index (χ1n) is 10.2. The summed E-state index contributed by atoms with van der Waals surface area (Å²) in [5.41, 5.74) is -0.534. The first-order chi connectivity index (χ1) is 12.9. The maximum absolute atomic E-state index is 12.6. The fraction of sp³-hybridized carbons (Fsp3) is 0.591. The Morgan fingerprint density at radius 1 is 1.19 bits per heavy atom.